The Bertz CT molecular complexity index is 423. The normalized spacial score (nSPS) is 17.2. The van der Waals surface area contributed by atoms with Crippen molar-refractivity contribution >= 4 is 35.9 Å². The standard InChI is InChI=1S/C16H30F2N4O2.HI/c1-5-19-15(20-10-14(23)24-16(2,3)4)21-12-6-8-22(9-7-12)11-13(17)18;/h12-13H,5-11H2,1-4H3,(H2,19,20,21);1H. The first-order valence-electron chi connectivity index (χ1n) is 8.46. The maximum atomic E-state index is 12.4. The summed E-state index contributed by atoms with van der Waals surface area (Å²) in [6, 6.07) is 0.162. The molecule has 0 radical (unpaired) electrons. The Kier molecular flexibility index (Phi) is 11.5. The van der Waals surface area contributed by atoms with Crippen molar-refractivity contribution in [1.29, 1.82) is 0 Å². The molecule has 148 valence electrons. The van der Waals surface area contributed by atoms with Crippen LogP contribution in [0.4, 0.5) is 8.78 Å². The molecule has 1 saturated heterocycles. The first kappa shape index (κ1) is 24.3. The summed E-state index contributed by atoms with van der Waals surface area (Å²) in [5.74, 6) is 0.169. The SMILES string of the molecule is CCNC(=NCC(=O)OC(C)(C)C)NC1CCN(CC(F)F)CC1.I. The number of nitrogens with zero attached hydrogens (tertiary/aromatic N) is 2. The zero-order valence-electron chi connectivity index (χ0n) is 15.5. The lowest BCUT2D eigenvalue weighted by Crippen LogP contribution is -2.49. The number of rotatable bonds is 6. The molecular formula is C16H31F2IN4O2. The number of alkyl halides is 2. The minimum Gasteiger partial charge on any atom is -0.459 e. The predicted molar refractivity (Wildman–Crippen MR) is 106 cm³/mol. The van der Waals surface area contributed by atoms with E-state index in [4.69, 9.17) is 4.74 Å². The number of aliphatic imine (C=N–C) groups is 1. The van der Waals surface area contributed by atoms with Gasteiger partial charge in [0.25, 0.3) is 6.43 Å². The van der Waals surface area contributed by atoms with Crippen molar-refractivity contribution < 1.29 is 18.3 Å². The van der Waals surface area contributed by atoms with Crippen LogP contribution < -0.4 is 10.6 Å². The molecule has 1 rings (SSSR count). The largest absolute Gasteiger partial charge is 0.459 e. The molecule has 0 aromatic carbocycles. The third kappa shape index (κ3) is 11.5. The van der Waals surface area contributed by atoms with Gasteiger partial charge in [-0.2, -0.15) is 0 Å². The van der Waals surface area contributed by atoms with Gasteiger partial charge in [0.1, 0.15) is 12.1 Å². The number of hydrogen-bond donors (Lipinski definition) is 2. The molecule has 0 spiro atoms. The Labute approximate surface area is 166 Å². The van der Waals surface area contributed by atoms with E-state index in [1.807, 2.05) is 27.7 Å². The van der Waals surface area contributed by atoms with E-state index < -0.39 is 12.0 Å². The zero-order valence-corrected chi connectivity index (χ0v) is 17.8. The number of carbonyl (C=O) groups excluding carboxylic acids is 1. The maximum absolute atomic E-state index is 12.4. The highest BCUT2D eigenvalue weighted by atomic mass is 127. The summed E-state index contributed by atoms with van der Waals surface area (Å²) in [7, 11) is 0. The van der Waals surface area contributed by atoms with Crippen LogP contribution in [0.5, 0.6) is 0 Å². The van der Waals surface area contributed by atoms with Crippen LogP contribution in [-0.4, -0.2) is 67.6 Å². The zero-order chi connectivity index (χ0) is 18.2. The molecule has 6 nitrogen and oxygen atoms in total. The van der Waals surface area contributed by atoms with Gasteiger partial charge in [0.05, 0.1) is 6.54 Å². The average Bonchev–Trinajstić information content (AvgIpc) is 2.44. The molecule has 1 aliphatic heterocycles. The number of guanidine groups is 1. The van der Waals surface area contributed by atoms with E-state index in [1.165, 1.54) is 0 Å². The number of ether oxygens (including phenoxy) is 1. The number of hydrogen-bond acceptors (Lipinski definition) is 4. The third-order valence-corrected chi connectivity index (χ3v) is 3.46. The van der Waals surface area contributed by atoms with E-state index in [0.29, 0.717) is 25.6 Å². The highest BCUT2D eigenvalue weighted by molar-refractivity contribution is 14.0. The predicted octanol–water partition coefficient (Wildman–Crippen LogP) is 2.23. The number of nitrogens with one attached hydrogen (secondary N) is 2. The molecule has 0 atom stereocenters. The van der Waals surface area contributed by atoms with Crippen LogP contribution in [0.1, 0.15) is 40.5 Å². The molecule has 25 heavy (non-hydrogen) atoms. The quantitative estimate of drug-likeness (QED) is 0.267. The van der Waals surface area contributed by atoms with Gasteiger partial charge in [0.2, 0.25) is 0 Å². The lowest BCUT2D eigenvalue weighted by Gasteiger charge is -2.32. The van der Waals surface area contributed by atoms with E-state index in [-0.39, 0.29) is 49.1 Å². The second-order valence-corrected chi connectivity index (χ2v) is 6.89. The Morgan fingerprint density at radius 1 is 1.32 bits per heavy atom. The fraction of sp³-hybridized carbons (Fsp3) is 0.875. The number of piperidine rings is 1. The molecule has 9 heteroatoms. The fourth-order valence-electron chi connectivity index (χ4n) is 2.49. The Morgan fingerprint density at radius 2 is 1.92 bits per heavy atom. The van der Waals surface area contributed by atoms with E-state index in [0.717, 1.165) is 12.8 Å². The van der Waals surface area contributed by atoms with E-state index in [9.17, 15) is 13.6 Å². The molecular weight excluding hydrogens is 445 g/mol. The monoisotopic (exact) mass is 476 g/mol. The summed E-state index contributed by atoms with van der Waals surface area (Å²) in [6.07, 6.45) is -0.755. The summed E-state index contributed by atoms with van der Waals surface area (Å²) in [5.41, 5.74) is -0.532. The first-order chi connectivity index (χ1) is 11.2. The molecule has 1 aliphatic rings. The van der Waals surface area contributed by atoms with Crippen LogP contribution in [0.25, 0.3) is 0 Å². The molecule has 0 saturated carbocycles. The maximum Gasteiger partial charge on any atom is 0.328 e. The number of halogens is 3. The van der Waals surface area contributed by atoms with Crippen molar-refractivity contribution in [3.8, 4) is 0 Å². The van der Waals surface area contributed by atoms with Crippen molar-refractivity contribution in [2.75, 3.05) is 32.7 Å². The Morgan fingerprint density at radius 3 is 2.40 bits per heavy atom. The van der Waals surface area contributed by atoms with Gasteiger partial charge in [-0.25, -0.2) is 13.8 Å². The van der Waals surface area contributed by atoms with Crippen LogP contribution in [0.2, 0.25) is 0 Å². The van der Waals surface area contributed by atoms with Crippen LogP contribution >= 0.6 is 24.0 Å². The van der Waals surface area contributed by atoms with Gasteiger partial charge < -0.3 is 15.4 Å². The molecule has 0 unspecified atom stereocenters. The van der Waals surface area contributed by atoms with Gasteiger partial charge in [-0.1, -0.05) is 0 Å². The van der Waals surface area contributed by atoms with Crippen LogP contribution in [0, 0.1) is 0 Å². The minimum atomic E-state index is -2.29. The average molecular weight is 476 g/mol. The van der Waals surface area contributed by atoms with E-state index in [1.54, 1.807) is 4.90 Å². The van der Waals surface area contributed by atoms with Crippen molar-refractivity contribution in [3.05, 3.63) is 0 Å². The van der Waals surface area contributed by atoms with Crippen molar-refractivity contribution in [1.82, 2.24) is 15.5 Å². The second-order valence-electron chi connectivity index (χ2n) is 6.89. The molecule has 0 aromatic heterocycles. The van der Waals surface area contributed by atoms with Gasteiger partial charge >= 0.3 is 5.97 Å². The summed E-state index contributed by atoms with van der Waals surface area (Å²) < 4.78 is 30.0. The first-order valence-corrected chi connectivity index (χ1v) is 8.46. The Balaban J connectivity index is 0.00000576. The van der Waals surface area contributed by atoms with Crippen LogP contribution in [0.3, 0.4) is 0 Å². The molecule has 0 amide bonds. The molecule has 0 aromatic rings. The second kappa shape index (κ2) is 11.8. The van der Waals surface area contributed by atoms with Gasteiger partial charge in [-0.15, -0.1) is 24.0 Å². The molecule has 2 N–H and O–H groups in total. The highest BCUT2D eigenvalue weighted by Gasteiger charge is 2.22. The topological polar surface area (TPSA) is 66.0 Å². The van der Waals surface area contributed by atoms with Crippen LogP contribution in [0.15, 0.2) is 4.99 Å². The van der Waals surface area contributed by atoms with Crippen LogP contribution in [-0.2, 0) is 9.53 Å². The van der Waals surface area contributed by atoms with E-state index in [2.05, 4.69) is 15.6 Å². The van der Waals surface area contributed by atoms with Crippen molar-refractivity contribution in [2.45, 2.75) is 58.6 Å². The van der Waals surface area contributed by atoms with Gasteiger partial charge in [-0.05, 0) is 40.5 Å². The molecule has 0 bridgehead atoms. The lowest BCUT2D eigenvalue weighted by atomic mass is 10.1. The van der Waals surface area contributed by atoms with Crippen molar-refractivity contribution in [2.24, 2.45) is 4.99 Å². The highest BCUT2D eigenvalue weighted by Crippen LogP contribution is 2.12. The molecule has 1 fully saturated rings. The number of esters is 1. The fourth-order valence-corrected chi connectivity index (χ4v) is 2.49. The third-order valence-electron chi connectivity index (χ3n) is 3.46. The van der Waals surface area contributed by atoms with Gasteiger partial charge in [0, 0.05) is 25.7 Å². The Hall–Kier alpha value is -0.710. The summed E-state index contributed by atoms with van der Waals surface area (Å²) >= 11 is 0. The van der Waals surface area contributed by atoms with E-state index >= 15 is 0 Å². The minimum absolute atomic E-state index is 0. The molecule has 0 aliphatic carbocycles. The molecule has 1 heterocycles. The number of likely N-dealkylation sites (tertiary alicyclic amines) is 1. The van der Waals surface area contributed by atoms with Gasteiger partial charge in [0.15, 0.2) is 5.96 Å². The van der Waals surface area contributed by atoms with Crippen molar-refractivity contribution in [3.63, 3.8) is 0 Å². The summed E-state index contributed by atoms with van der Waals surface area (Å²) in [5, 5.41) is 6.35. The summed E-state index contributed by atoms with van der Waals surface area (Å²) in [4.78, 5) is 17.8. The lowest BCUT2D eigenvalue weighted by molar-refractivity contribution is -0.152. The summed E-state index contributed by atoms with van der Waals surface area (Å²) in [6.45, 7) is 9.08. The van der Waals surface area contributed by atoms with Gasteiger partial charge in [-0.3, -0.25) is 9.69 Å². The number of carbonyl (C=O) groups is 1. The smallest absolute Gasteiger partial charge is 0.328 e.